The molecule has 0 aromatic heterocycles. The van der Waals surface area contributed by atoms with Crippen LogP contribution >= 0.6 is 0 Å². The Morgan fingerprint density at radius 3 is 1.08 bits per heavy atom. The van der Waals surface area contributed by atoms with E-state index in [1.807, 2.05) is 0 Å². The third kappa shape index (κ3) is 5.35. The zero-order chi connectivity index (χ0) is 10.9. The summed E-state index contributed by atoms with van der Waals surface area (Å²) < 4.78 is 1.98. The fraction of sp³-hybridized carbons (Fsp3) is 1.00. The average molecular weight is 379 g/mol. The molecule has 2 atom stereocenters. The fourth-order valence-electron chi connectivity index (χ4n) is 0.783. The quantitative estimate of drug-likeness (QED) is 0.624. The number of hydrogen-bond acceptors (Lipinski definition) is 0. The van der Waals surface area contributed by atoms with E-state index in [4.69, 9.17) is 0 Å². The second-order valence-electron chi connectivity index (χ2n) is 6.23. The molecule has 0 amide bonds. The maximum absolute atomic E-state index is 2.46. The predicted molar refractivity (Wildman–Crippen MR) is 63.5 cm³/mol. The van der Waals surface area contributed by atoms with Crippen molar-refractivity contribution in [3.63, 3.8) is 0 Å². The van der Waals surface area contributed by atoms with Crippen molar-refractivity contribution in [2.45, 2.75) is 62.6 Å². The van der Waals surface area contributed by atoms with Gasteiger partial charge in [-0.1, -0.05) is 0 Å². The van der Waals surface area contributed by atoms with Crippen LogP contribution in [0.1, 0.15) is 55.4 Å². The molecule has 0 saturated carbocycles. The first kappa shape index (κ1) is 13.9. The van der Waals surface area contributed by atoms with Crippen LogP contribution in [-0.2, 0) is 0 Å². The zero-order valence-corrected chi connectivity index (χ0v) is 14.1. The molecular weight excluding hydrogens is 353 g/mol. The summed E-state index contributed by atoms with van der Waals surface area (Å²) in [4.78, 5) is 0. The topological polar surface area (TPSA) is 0 Å². The molecule has 0 rings (SSSR count). The van der Waals surface area contributed by atoms with E-state index in [1.54, 1.807) is 0 Å². The molecule has 0 aliphatic heterocycles. The molecule has 0 bridgehead atoms. The fourth-order valence-corrected chi connectivity index (χ4v) is 6.87. The van der Waals surface area contributed by atoms with Crippen molar-refractivity contribution < 1.29 is 0 Å². The van der Waals surface area contributed by atoms with Gasteiger partial charge in [-0.25, -0.2) is 0 Å². The Bertz CT molecular complexity index is 129. The van der Waals surface area contributed by atoms with Gasteiger partial charge < -0.3 is 0 Å². The second-order valence-corrected chi connectivity index (χ2v) is 13.4. The van der Waals surface area contributed by atoms with Gasteiger partial charge in [-0.05, 0) is 0 Å². The van der Waals surface area contributed by atoms with Crippen molar-refractivity contribution in [3.8, 4) is 0 Å². The van der Waals surface area contributed by atoms with Crippen molar-refractivity contribution in [2.75, 3.05) is 0 Å². The van der Waals surface area contributed by atoms with Gasteiger partial charge in [-0.2, -0.15) is 0 Å². The van der Waals surface area contributed by atoms with Gasteiger partial charge in [0.2, 0.25) is 0 Å². The summed E-state index contributed by atoms with van der Waals surface area (Å²) in [5, 5.41) is 0. The van der Waals surface area contributed by atoms with E-state index >= 15 is 0 Å². The summed E-state index contributed by atoms with van der Waals surface area (Å²) in [6, 6.07) is 0. The van der Waals surface area contributed by atoms with Crippen LogP contribution in [0.2, 0.25) is 7.25 Å². The third-order valence-electron chi connectivity index (χ3n) is 2.95. The molecule has 1 heteroatoms. The summed E-state index contributed by atoms with van der Waals surface area (Å²) in [7, 11) is 0. The zero-order valence-electron chi connectivity index (χ0n) is 10.6. The van der Waals surface area contributed by atoms with E-state index in [2.05, 4.69) is 55.4 Å². The van der Waals surface area contributed by atoms with E-state index in [0.29, 0.717) is 10.8 Å². The van der Waals surface area contributed by atoms with Crippen molar-refractivity contribution in [1.82, 2.24) is 0 Å². The standard InChI is InChI=1S/2C6H13.Bi/c2*1-5-6(2,3)4;/h2*5H,1-4H3;. The van der Waals surface area contributed by atoms with E-state index in [0.717, 1.165) is 7.25 Å². The Morgan fingerprint density at radius 2 is 0.923 bits per heavy atom. The van der Waals surface area contributed by atoms with Gasteiger partial charge in [-0.3, -0.25) is 0 Å². The van der Waals surface area contributed by atoms with E-state index < -0.39 is 0 Å². The molecule has 0 aliphatic carbocycles. The third-order valence-corrected chi connectivity index (χ3v) is 12.5. The van der Waals surface area contributed by atoms with Crippen LogP contribution in [-0.4, -0.2) is 23.2 Å². The summed E-state index contributed by atoms with van der Waals surface area (Å²) in [6.07, 6.45) is 0. The van der Waals surface area contributed by atoms with Gasteiger partial charge in [0.25, 0.3) is 0 Å². The monoisotopic (exact) mass is 379 g/mol. The van der Waals surface area contributed by atoms with E-state index in [1.165, 1.54) is 0 Å². The number of rotatable bonds is 2. The minimum atomic E-state index is -0.335. The van der Waals surface area contributed by atoms with Gasteiger partial charge in [-0.15, -0.1) is 0 Å². The van der Waals surface area contributed by atoms with Gasteiger partial charge in [0.15, 0.2) is 0 Å². The van der Waals surface area contributed by atoms with Crippen LogP contribution in [0.4, 0.5) is 0 Å². The maximum atomic E-state index is 2.46. The molecule has 13 heavy (non-hydrogen) atoms. The van der Waals surface area contributed by atoms with Crippen molar-refractivity contribution in [1.29, 1.82) is 0 Å². The van der Waals surface area contributed by atoms with Crippen molar-refractivity contribution in [2.24, 2.45) is 10.8 Å². The molecule has 0 aliphatic rings. The van der Waals surface area contributed by atoms with E-state index in [9.17, 15) is 0 Å². The molecule has 0 nitrogen and oxygen atoms in total. The Hall–Kier alpha value is 0.883. The van der Waals surface area contributed by atoms with E-state index in [-0.39, 0.29) is 23.2 Å². The van der Waals surface area contributed by atoms with Crippen LogP contribution in [0, 0.1) is 10.8 Å². The Morgan fingerprint density at radius 1 is 0.692 bits per heavy atom. The van der Waals surface area contributed by atoms with Crippen LogP contribution in [0.15, 0.2) is 0 Å². The molecule has 0 fully saturated rings. The van der Waals surface area contributed by atoms with Gasteiger partial charge in [0.05, 0.1) is 0 Å². The molecule has 0 aromatic carbocycles. The Labute approximate surface area is 96.4 Å². The summed E-state index contributed by atoms with van der Waals surface area (Å²) in [5.41, 5.74) is 1.08. The molecule has 79 valence electrons. The van der Waals surface area contributed by atoms with Gasteiger partial charge in [0.1, 0.15) is 0 Å². The van der Waals surface area contributed by atoms with Gasteiger partial charge >= 0.3 is 96.7 Å². The summed E-state index contributed by atoms with van der Waals surface area (Å²) in [5.74, 6) is 0. The molecule has 0 aromatic rings. The van der Waals surface area contributed by atoms with Crippen LogP contribution < -0.4 is 0 Å². The molecule has 0 heterocycles. The summed E-state index contributed by atoms with van der Waals surface area (Å²) >= 11 is -0.335. The Kier molecular flexibility index (Phi) is 4.91. The minimum absolute atomic E-state index is 0.335. The van der Waals surface area contributed by atoms with Crippen LogP contribution in [0.3, 0.4) is 0 Å². The first-order valence-corrected chi connectivity index (χ1v) is 9.26. The first-order valence-electron chi connectivity index (χ1n) is 5.25. The van der Waals surface area contributed by atoms with Crippen molar-refractivity contribution in [3.05, 3.63) is 0 Å². The molecule has 0 saturated heterocycles. The SMILES string of the molecule is C[CH]([Bi][CH](C)C(C)(C)C)C(C)(C)C. The Balaban J connectivity index is 4.15. The molecule has 1 radical (unpaired) electrons. The molecule has 2 unspecified atom stereocenters. The molecule has 0 N–H and O–H groups in total. The normalized spacial score (nSPS) is 18.5. The molecule has 0 spiro atoms. The number of hydrogen-bond donors (Lipinski definition) is 0. The average Bonchev–Trinajstić information content (AvgIpc) is 1.82. The van der Waals surface area contributed by atoms with Crippen molar-refractivity contribution >= 4 is 23.2 Å². The van der Waals surface area contributed by atoms with Gasteiger partial charge in [0, 0.05) is 0 Å². The first-order chi connectivity index (χ1) is 5.55. The predicted octanol–water partition coefficient (Wildman–Crippen LogP) is 4.40. The van der Waals surface area contributed by atoms with Crippen LogP contribution in [0.25, 0.3) is 0 Å². The molecular formula is C12H26Bi. The summed E-state index contributed by atoms with van der Waals surface area (Å²) in [6.45, 7) is 19.2. The second kappa shape index (κ2) is 4.60. The van der Waals surface area contributed by atoms with Crippen LogP contribution in [0.5, 0.6) is 0 Å².